The van der Waals surface area contributed by atoms with Gasteiger partial charge in [-0.25, -0.2) is 8.42 Å². The zero-order valence-electron chi connectivity index (χ0n) is 28.2. The standard InChI is InChI=1S/C32H48N5O6S2Si/c1-30(2,3)46(7,8)22-31(4,5)36-44(40)27-11-9-10-26(33-27)34-29(39)24-13-12-23(35-45(41,42)21-28(38)43-6)20-25(24)37-18-16-32(14-15-32)17-19-37/h9-13,20,35H,14-19,21-22H2,1-8H3,(H,33,34,39)/q-1. The molecule has 1 aromatic carbocycles. The van der Waals surface area contributed by atoms with Crippen molar-refractivity contribution in [1.82, 2.24) is 4.98 Å². The first-order valence-electron chi connectivity index (χ1n) is 15.6. The zero-order valence-corrected chi connectivity index (χ0v) is 30.9. The van der Waals surface area contributed by atoms with Crippen molar-refractivity contribution in [2.24, 2.45) is 9.78 Å². The van der Waals surface area contributed by atoms with Gasteiger partial charge in [0.05, 0.1) is 32.1 Å². The highest BCUT2D eigenvalue weighted by atomic mass is 32.2. The molecule has 1 aliphatic heterocycles. The monoisotopic (exact) mass is 690 g/mol. The van der Waals surface area contributed by atoms with E-state index in [2.05, 4.69) is 62.9 Å². The Kier molecular flexibility index (Phi) is 10.3. The maximum atomic E-state index is 13.7. The summed E-state index contributed by atoms with van der Waals surface area (Å²) in [6, 6.07) is 10.5. The number of carbonyl (C=O) groups excluding carboxylic acids is 2. The third kappa shape index (κ3) is 9.09. The van der Waals surface area contributed by atoms with Crippen molar-refractivity contribution in [1.29, 1.82) is 0 Å². The molecule has 1 amide bonds. The maximum Gasteiger partial charge on any atom is 0.322 e. The van der Waals surface area contributed by atoms with Crippen LogP contribution < -0.4 is 14.9 Å². The highest BCUT2D eigenvalue weighted by Crippen LogP contribution is 2.54. The molecular weight excluding hydrogens is 643 g/mol. The van der Waals surface area contributed by atoms with Crippen LogP contribution in [0.25, 0.3) is 0 Å². The molecule has 254 valence electrons. The number of sulfonamides is 1. The average Bonchev–Trinajstić information content (AvgIpc) is 3.69. The summed E-state index contributed by atoms with van der Waals surface area (Å²) < 4.78 is 50.0. The van der Waals surface area contributed by atoms with Crippen molar-refractivity contribution in [3.05, 3.63) is 42.0 Å². The van der Waals surface area contributed by atoms with E-state index >= 15 is 0 Å². The Labute approximate surface area is 276 Å². The Bertz CT molecular complexity index is 1670. The third-order valence-corrected chi connectivity index (χ3v) is 17.8. The Morgan fingerprint density at radius 3 is 2.30 bits per heavy atom. The highest BCUT2D eigenvalue weighted by molar-refractivity contribution is 7.93. The number of piperidine rings is 1. The number of ether oxygens (including phenoxy) is 1. The number of hydrogen-bond donors (Lipinski definition) is 2. The molecule has 2 N–H and O–H groups in total. The number of esters is 1. The smallest absolute Gasteiger partial charge is 0.322 e. The molecule has 2 fully saturated rings. The summed E-state index contributed by atoms with van der Waals surface area (Å²) in [6.07, 6.45) is 4.42. The van der Waals surface area contributed by atoms with Gasteiger partial charge in [-0.2, -0.15) is 0 Å². The van der Waals surface area contributed by atoms with Gasteiger partial charge in [0.2, 0.25) is 10.0 Å². The molecule has 4 rings (SSSR count). The van der Waals surface area contributed by atoms with Crippen LogP contribution in [0.4, 0.5) is 17.2 Å². The lowest BCUT2D eigenvalue weighted by Gasteiger charge is -2.42. The number of anilines is 3. The van der Waals surface area contributed by atoms with Gasteiger partial charge in [-0.15, -0.1) is 10.6 Å². The number of methoxy groups -OCH3 is 1. The lowest BCUT2D eigenvalue weighted by Crippen LogP contribution is -2.42. The van der Waals surface area contributed by atoms with Gasteiger partial charge in [0.15, 0.2) is 5.75 Å². The number of amides is 1. The number of hydrogen-bond acceptors (Lipinski definition) is 10. The summed E-state index contributed by atoms with van der Waals surface area (Å²) in [7, 11) is -6.32. The van der Waals surface area contributed by atoms with Crippen LogP contribution in [0.3, 0.4) is 0 Å². The molecule has 14 heteroatoms. The molecule has 1 saturated carbocycles. The van der Waals surface area contributed by atoms with Gasteiger partial charge in [-0.05, 0) is 85.3 Å². The fraction of sp³-hybridized carbons (Fsp3) is 0.594. The minimum atomic E-state index is -4.02. The van der Waals surface area contributed by atoms with Gasteiger partial charge in [0.1, 0.15) is 5.82 Å². The van der Waals surface area contributed by atoms with Crippen LogP contribution in [0.15, 0.2) is 45.8 Å². The number of carbonyl (C=O) groups is 2. The normalized spacial score (nSPS) is 17.4. The summed E-state index contributed by atoms with van der Waals surface area (Å²) in [6.45, 7) is 16.9. The van der Waals surface area contributed by atoms with E-state index in [4.69, 9.17) is 0 Å². The highest BCUT2D eigenvalue weighted by Gasteiger charge is 2.44. The van der Waals surface area contributed by atoms with Crippen molar-refractivity contribution in [2.75, 3.05) is 40.9 Å². The van der Waals surface area contributed by atoms with Crippen LogP contribution >= 0.6 is 0 Å². The van der Waals surface area contributed by atoms with E-state index in [1.54, 1.807) is 30.3 Å². The van der Waals surface area contributed by atoms with Crippen LogP contribution in [0.5, 0.6) is 0 Å². The summed E-state index contributed by atoms with van der Waals surface area (Å²) in [5.41, 5.74) is 1.03. The SMILES string of the molecule is COC(=O)CS(=O)(=O)Nc1ccc(C(=O)Nc2cccc([S-](=O)=NC(C)(C)C[Si](C)(C)C(C)(C)C)n2)c(N2CCC3(CC2)CC3)c1. The van der Waals surface area contributed by atoms with Crippen molar-refractivity contribution in [2.45, 2.75) is 95.0 Å². The number of pyridine rings is 1. The van der Waals surface area contributed by atoms with Crippen LogP contribution in [0.2, 0.25) is 24.2 Å². The lowest BCUT2D eigenvalue weighted by molar-refractivity contribution is -0.137. The fourth-order valence-electron chi connectivity index (χ4n) is 5.79. The summed E-state index contributed by atoms with van der Waals surface area (Å²) in [5.74, 6) is -1.90. The number of rotatable bonds is 11. The van der Waals surface area contributed by atoms with Gasteiger partial charge in [0, 0.05) is 18.6 Å². The van der Waals surface area contributed by atoms with E-state index in [0.29, 0.717) is 16.7 Å². The van der Waals surface area contributed by atoms with E-state index in [9.17, 15) is 22.2 Å². The summed E-state index contributed by atoms with van der Waals surface area (Å²) in [4.78, 5) is 31.9. The maximum absolute atomic E-state index is 13.7. The molecule has 0 radical (unpaired) electrons. The van der Waals surface area contributed by atoms with E-state index in [-0.39, 0.29) is 21.6 Å². The quantitative estimate of drug-likeness (QED) is 0.156. The van der Waals surface area contributed by atoms with E-state index in [1.807, 2.05) is 13.8 Å². The van der Waals surface area contributed by atoms with Gasteiger partial charge in [0.25, 0.3) is 5.91 Å². The topological polar surface area (TPSA) is 147 Å². The van der Waals surface area contributed by atoms with Gasteiger partial charge in [-0.3, -0.25) is 19.3 Å². The number of nitrogens with one attached hydrogen (secondary N) is 2. The number of benzene rings is 1. The largest absolute Gasteiger partial charge is 0.468 e. The summed E-state index contributed by atoms with van der Waals surface area (Å²) in [5, 5.41) is 3.26. The van der Waals surface area contributed by atoms with Crippen molar-refractivity contribution >= 4 is 57.8 Å². The lowest BCUT2D eigenvalue weighted by atomic mass is 9.93. The minimum absolute atomic E-state index is 0.168. The summed E-state index contributed by atoms with van der Waals surface area (Å²) >= 11 is 0. The van der Waals surface area contributed by atoms with Crippen molar-refractivity contribution in [3.8, 4) is 0 Å². The first-order chi connectivity index (χ1) is 21.2. The molecule has 1 aromatic heterocycles. The number of aromatic nitrogens is 1. The second-order valence-electron chi connectivity index (χ2n) is 14.9. The Hall–Kier alpha value is -2.97. The molecule has 1 spiro atoms. The van der Waals surface area contributed by atoms with Crippen molar-refractivity contribution < 1.29 is 27.0 Å². The molecule has 0 unspecified atom stereocenters. The predicted octanol–water partition coefficient (Wildman–Crippen LogP) is 6.42. The molecule has 1 aliphatic carbocycles. The number of nitrogens with zero attached hydrogens (tertiary/aromatic N) is 3. The molecule has 0 atom stereocenters. The predicted molar refractivity (Wildman–Crippen MR) is 186 cm³/mol. The first kappa shape index (κ1) is 35.9. The van der Waals surface area contributed by atoms with Crippen LogP contribution in [0, 0.1) is 5.41 Å². The molecule has 11 nitrogen and oxygen atoms in total. The average molecular weight is 691 g/mol. The van der Waals surface area contributed by atoms with E-state index < -0.39 is 51.9 Å². The first-order valence-corrected chi connectivity index (χ1v) is 21.6. The van der Waals surface area contributed by atoms with Crippen LogP contribution in [-0.2, 0) is 34.4 Å². The van der Waals surface area contributed by atoms with E-state index in [0.717, 1.165) is 39.1 Å². The van der Waals surface area contributed by atoms with Gasteiger partial charge >= 0.3 is 5.97 Å². The second kappa shape index (κ2) is 13.3. The van der Waals surface area contributed by atoms with E-state index in [1.165, 1.54) is 18.9 Å². The second-order valence-corrected chi connectivity index (χ2v) is 23.4. The Morgan fingerprint density at radius 1 is 1.07 bits per heavy atom. The van der Waals surface area contributed by atoms with Crippen LogP contribution in [-0.4, -0.2) is 64.8 Å². The van der Waals surface area contributed by atoms with Crippen LogP contribution in [0.1, 0.15) is 70.7 Å². The molecule has 0 bridgehead atoms. The third-order valence-electron chi connectivity index (χ3n) is 9.55. The Morgan fingerprint density at radius 2 is 1.72 bits per heavy atom. The minimum Gasteiger partial charge on any atom is -0.468 e. The molecule has 2 heterocycles. The van der Waals surface area contributed by atoms with Crippen molar-refractivity contribution in [3.63, 3.8) is 0 Å². The Balaban J connectivity index is 1.57. The van der Waals surface area contributed by atoms with Gasteiger partial charge in [-0.1, -0.05) is 46.0 Å². The molecule has 2 aliphatic rings. The zero-order chi connectivity index (χ0) is 34.1. The molecule has 2 aromatic rings. The molecular formula is C32H48N5O6S2Si-. The molecule has 1 saturated heterocycles. The fourth-order valence-corrected chi connectivity index (χ4v) is 10.6. The van der Waals surface area contributed by atoms with Gasteiger partial charge < -0.3 is 23.5 Å². The molecule has 46 heavy (non-hydrogen) atoms.